The molecule has 2 heterocycles. The van der Waals surface area contributed by atoms with Gasteiger partial charge in [0, 0.05) is 21.4 Å². The molecular weight excluding hydrogens is 400 g/mol. The molecule has 0 spiro atoms. The van der Waals surface area contributed by atoms with E-state index in [0.717, 1.165) is 40.7 Å². The van der Waals surface area contributed by atoms with Crippen LogP contribution in [0.2, 0.25) is 5.02 Å². The number of halogens is 1. The lowest BCUT2D eigenvalue weighted by Gasteiger charge is -2.32. The van der Waals surface area contributed by atoms with Crippen molar-refractivity contribution in [3.05, 3.63) is 83.4 Å². The lowest BCUT2D eigenvalue weighted by Crippen LogP contribution is -2.38. The quantitative estimate of drug-likeness (QED) is 0.522. The summed E-state index contributed by atoms with van der Waals surface area (Å²) in [7, 11) is 0. The minimum absolute atomic E-state index is 0.0926. The number of hydrogen-bond donors (Lipinski definition) is 0. The Balaban J connectivity index is 1.40. The summed E-state index contributed by atoms with van der Waals surface area (Å²) in [5.74, 6) is 0.588. The van der Waals surface area contributed by atoms with Gasteiger partial charge in [-0.3, -0.25) is 14.6 Å². The first kappa shape index (κ1) is 18.7. The Morgan fingerprint density at radius 3 is 2.59 bits per heavy atom. The van der Waals surface area contributed by atoms with Gasteiger partial charge in [-0.2, -0.15) is 0 Å². The zero-order chi connectivity index (χ0) is 19.8. The topological polar surface area (TPSA) is 23.6 Å². The van der Waals surface area contributed by atoms with Crippen molar-refractivity contribution in [1.29, 1.82) is 0 Å². The molecule has 0 bridgehead atoms. The number of fused-ring (bicyclic) bond motifs is 2. The minimum atomic E-state index is 0.0926. The number of para-hydroxylation sites is 1. The Hall–Kier alpha value is -2.27. The van der Waals surface area contributed by atoms with Gasteiger partial charge in [0.25, 0.3) is 0 Å². The Morgan fingerprint density at radius 1 is 0.966 bits per heavy atom. The molecule has 5 heteroatoms. The van der Waals surface area contributed by atoms with Crippen LogP contribution >= 0.6 is 23.4 Å². The molecule has 1 atom stereocenters. The van der Waals surface area contributed by atoms with Crippen LogP contribution in [0.5, 0.6) is 0 Å². The molecule has 0 N–H and O–H groups in total. The number of rotatable bonds is 3. The molecule has 2 aliphatic rings. The standard InChI is InChI=1S/C24H21ClN2OS/c25-19-10-11-23-21(14-19)27(20-8-4-5-9-22(20)29-23)24(28)16-26-13-12-18(15-26)17-6-2-1-3-7-17/h1-11,14,18H,12-13,15-16H2/t18-/m1/s1. The van der Waals surface area contributed by atoms with Crippen molar-refractivity contribution < 1.29 is 4.79 Å². The van der Waals surface area contributed by atoms with E-state index in [2.05, 4.69) is 35.2 Å². The van der Waals surface area contributed by atoms with Crippen molar-refractivity contribution in [2.24, 2.45) is 0 Å². The van der Waals surface area contributed by atoms with Crippen LogP contribution in [0.25, 0.3) is 0 Å². The Bertz CT molecular complexity index is 1060. The molecule has 1 saturated heterocycles. The van der Waals surface area contributed by atoms with E-state index in [4.69, 9.17) is 11.6 Å². The van der Waals surface area contributed by atoms with Gasteiger partial charge in [0.05, 0.1) is 17.9 Å². The van der Waals surface area contributed by atoms with E-state index in [1.807, 2.05) is 47.4 Å². The number of carbonyl (C=O) groups excluding carboxylic acids is 1. The van der Waals surface area contributed by atoms with E-state index in [1.54, 1.807) is 11.8 Å². The van der Waals surface area contributed by atoms with E-state index >= 15 is 0 Å². The summed E-state index contributed by atoms with van der Waals surface area (Å²) in [5, 5.41) is 0.645. The molecule has 1 fully saturated rings. The number of anilines is 2. The summed E-state index contributed by atoms with van der Waals surface area (Å²) in [4.78, 5) is 19.7. The number of carbonyl (C=O) groups is 1. The number of amides is 1. The van der Waals surface area contributed by atoms with Crippen LogP contribution in [0.15, 0.2) is 82.6 Å². The minimum Gasteiger partial charge on any atom is -0.294 e. The number of nitrogens with zero attached hydrogens (tertiary/aromatic N) is 2. The summed E-state index contributed by atoms with van der Waals surface area (Å²) in [6, 6.07) is 24.5. The molecule has 5 rings (SSSR count). The summed E-state index contributed by atoms with van der Waals surface area (Å²) < 4.78 is 0. The van der Waals surface area contributed by atoms with Gasteiger partial charge in [0.1, 0.15) is 0 Å². The number of likely N-dealkylation sites (tertiary alicyclic amines) is 1. The van der Waals surface area contributed by atoms with Gasteiger partial charge >= 0.3 is 0 Å². The third kappa shape index (κ3) is 3.68. The van der Waals surface area contributed by atoms with Crippen LogP contribution in [0.4, 0.5) is 11.4 Å². The number of hydrogen-bond acceptors (Lipinski definition) is 3. The predicted molar refractivity (Wildman–Crippen MR) is 119 cm³/mol. The van der Waals surface area contributed by atoms with E-state index in [0.29, 0.717) is 17.5 Å². The first-order valence-electron chi connectivity index (χ1n) is 9.86. The third-order valence-corrected chi connectivity index (χ3v) is 7.00. The maximum Gasteiger partial charge on any atom is 0.245 e. The average molecular weight is 421 g/mol. The fourth-order valence-corrected chi connectivity index (χ4v) is 5.44. The highest BCUT2D eigenvalue weighted by Gasteiger charge is 2.31. The van der Waals surface area contributed by atoms with Gasteiger partial charge in [0.15, 0.2) is 0 Å². The lowest BCUT2D eigenvalue weighted by molar-refractivity contribution is -0.118. The molecule has 0 radical (unpaired) electrons. The van der Waals surface area contributed by atoms with Gasteiger partial charge < -0.3 is 0 Å². The molecule has 3 aromatic rings. The van der Waals surface area contributed by atoms with Crippen LogP contribution < -0.4 is 4.90 Å². The molecule has 0 aliphatic carbocycles. The molecule has 146 valence electrons. The summed E-state index contributed by atoms with van der Waals surface area (Å²) in [6.07, 6.45) is 1.09. The fourth-order valence-electron chi connectivity index (χ4n) is 4.23. The predicted octanol–water partition coefficient (Wildman–Crippen LogP) is 5.96. The zero-order valence-corrected chi connectivity index (χ0v) is 17.5. The smallest absolute Gasteiger partial charge is 0.245 e. The van der Waals surface area contributed by atoms with Gasteiger partial charge in [-0.1, -0.05) is 65.8 Å². The molecule has 0 unspecified atom stereocenters. The average Bonchev–Trinajstić information content (AvgIpc) is 3.21. The van der Waals surface area contributed by atoms with Gasteiger partial charge in [-0.25, -0.2) is 0 Å². The molecular formula is C24H21ClN2OS. The second-order valence-corrected chi connectivity index (χ2v) is 9.06. The van der Waals surface area contributed by atoms with Crippen LogP contribution in [-0.4, -0.2) is 30.4 Å². The molecule has 1 amide bonds. The molecule has 3 aromatic carbocycles. The van der Waals surface area contributed by atoms with Crippen LogP contribution in [-0.2, 0) is 4.79 Å². The van der Waals surface area contributed by atoms with Crippen molar-refractivity contribution in [2.45, 2.75) is 22.1 Å². The summed E-state index contributed by atoms with van der Waals surface area (Å²) >= 11 is 7.96. The van der Waals surface area contributed by atoms with Crippen LogP contribution in [0.1, 0.15) is 17.9 Å². The highest BCUT2D eigenvalue weighted by molar-refractivity contribution is 7.99. The SMILES string of the molecule is O=C(CN1CC[C@@H](c2ccccc2)C1)N1c2ccccc2Sc2ccc(Cl)cc21. The van der Waals surface area contributed by atoms with Crippen molar-refractivity contribution in [3.63, 3.8) is 0 Å². The van der Waals surface area contributed by atoms with Gasteiger partial charge in [0.2, 0.25) is 5.91 Å². The lowest BCUT2D eigenvalue weighted by atomic mass is 9.99. The largest absolute Gasteiger partial charge is 0.294 e. The second-order valence-electron chi connectivity index (χ2n) is 7.54. The van der Waals surface area contributed by atoms with Crippen molar-refractivity contribution in [2.75, 3.05) is 24.5 Å². The monoisotopic (exact) mass is 420 g/mol. The summed E-state index contributed by atoms with van der Waals surface area (Å²) in [6.45, 7) is 2.27. The highest BCUT2D eigenvalue weighted by Crippen LogP contribution is 2.48. The zero-order valence-electron chi connectivity index (χ0n) is 15.9. The molecule has 29 heavy (non-hydrogen) atoms. The second kappa shape index (κ2) is 7.86. The Morgan fingerprint density at radius 2 is 1.72 bits per heavy atom. The summed E-state index contributed by atoms with van der Waals surface area (Å²) in [5.41, 5.74) is 3.18. The van der Waals surface area contributed by atoms with Crippen LogP contribution in [0.3, 0.4) is 0 Å². The first-order chi connectivity index (χ1) is 14.2. The molecule has 2 aliphatic heterocycles. The molecule has 0 saturated carbocycles. The van der Waals surface area contributed by atoms with Gasteiger partial charge in [-0.15, -0.1) is 0 Å². The van der Waals surface area contributed by atoms with E-state index in [1.165, 1.54) is 5.56 Å². The number of benzene rings is 3. The van der Waals surface area contributed by atoms with E-state index in [-0.39, 0.29) is 5.91 Å². The Labute approximate surface area is 180 Å². The maximum absolute atomic E-state index is 13.5. The normalized spacial score (nSPS) is 18.4. The highest BCUT2D eigenvalue weighted by atomic mass is 35.5. The maximum atomic E-state index is 13.5. The molecule has 0 aromatic heterocycles. The van der Waals surface area contributed by atoms with Crippen molar-refractivity contribution >= 4 is 40.6 Å². The van der Waals surface area contributed by atoms with Crippen LogP contribution in [0, 0.1) is 0 Å². The van der Waals surface area contributed by atoms with Gasteiger partial charge in [-0.05, 0) is 54.8 Å². The van der Waals surface area contributed by atoms with E-state index in [9.17, 15) is 4.79 Å². The third-order valence-electron chi connectivity index (χ3n) is 5.64. The fraction of sp³-hybridized carbons (Fsp3) is 0.208. The first-order valence-corrected chi connectivity index (χ1v) is 11.1. The Kier molecular flexibility index (Phi) is 5.08. The van der Waals surface area contributed by atoms with Crippen molar-refractivity contribution in [3.8, 4) is 0 Å². The van der Waals surface area contributed by atoms with Crippen molar-refractivity contribution in [1.82, 2.24) is 4.90 Å². The molecule has 3 nitrogen and oxygen atoms in total. The van der Waals surface area contributed by atoms with E-state index < -0.39 is 0 Å².